The third-order valence-electron chi connectivity index (χ3n) is 3.74. The van der Waals surface area contributed by atoms with Gasteiger partial charge in [-0.25, -0.2) is 0 Å². The average molecular weight is 179 g/mol. The van der Waals surface area contributed by atoms with Crippen molar-refractivity contribution in [3.63, 3.8) is 0 Å². The van der Waals surface area contributed by atoms with E-state index < -0.39 is 0 Å². The van der Waals surface area contributed by atoms with Crippen LogP contribution in [0.5, 0.6) is 0 Å². The molecule has 0 spiro atoms. The van der Waals surface area contributed by atoms with Crippen LogP contribution in [0.1, 0.15) is 44.9 Å². The van der Waals surface area contributed by atoms with Crippen LogP contribution in [0, 0.1) is 11.8 Å². The van der Waals surface area contributed by atoms with Crippen molar-refractivity contribution in [3.8, 4) is 0 Å². The summed E-state index contributed by atoms with van der Waals surface area (Å²) in [5.41, 5.74) is 6.19. The van der Waals surface area contributed by atoms with Crippen LogP contribution in [0.2, 0.25) is 0 Å². The molecule has 0 aromatic rings. The van der Waals surface area contributed by atoms with Gasteiger partial charge in [0.05, 0.1) is 0 Å². The van der Waals surface area contributed by atoms with Crippen LogP contribution in [0.3, 0.4) is 0 Å². The van der Waals surface area contributed by atoms with Gasteiger partial charge in [0.25, 0.3) is 0 Å². The zero-order valence-corrected chi connectivity index (χ0v) is 8.41. The predicted octanol–water partition coefficient (Wildman–Crippen LogP) is 2.86. The molecule has 2 rings (SSSR count). The van der Waals surface area contributed by atoms with Gasteiger partial charge in [0.15, 0.2) is 0 Å². The third kappa shape index (κ3) is 2.34. The predicted molar refractivity (Wildman–Crippen MR) is 56.4 cm³/mol. The Balaban J connectivity index is 1.72. The quantitative estimate of drug-likeness (QED) is 0.662. The standard InChI is InChI=1S/C12H21N/c13-12(11-7-4-8-11)9-10-5-2-1-3-6-10/h1-2,10-12H,3-9,13H2. The van der Waals surface area contributed by atoms with Crippen molar-refractivity contribution in [2.75, 3.05) is 0 Å². The lowest BCUT2D eigenvalue weighted by Crippen LogP contribution is -2.36. The summed E-state index contributed by atoms with van der Waals surface area (Å²) >= 11 is 0. The number of hydrogen-bond donors (Lipinski definition) is 1. The Morgan fingerprint density at radius 1 is 1.23 bits per heavy atom. The summed E-state index contributed by atoms with van der Waals surface area (Å²) in [7, 11) is 0. The molecule has 2 atom stereocenters. The summed E-state index contributed by atoms with van der Waals surface area (Å²) in [6.07, 6.45) is 14.1. The topological polar surface area (TPSA) is 26.0 Å². The van der Waals surface area contributed by atoms with E-state index in [4.69, 9.17) is 5.73 Å². The Kier molecular flexibility index (Phi) is 3.05. The first-order valence-corrected chi connectivity index (χ1v) is 5.77. The highest BCUT2D eigenvalue weighted by atomic mass is 14.7. The smallest absolute Gasteiger partial charge is 0.00699 e. The van der Waals surface area contributed by atoms with E-state index in [1.165, 1.54) is 44.9 Å². The van der Waals surface area contributed by atoms with E-state index in [-0.39, 0.29) is 0 Å². The fourth-order valence-corrected chi connectivity index (χ4v) is 2.52. The maximum atomic E-state index is 6.19. The van der Waals surface area contributed by atoms with E-state index >= 15 is 0 Å². The second kappa shape index (κ2) is 4.28. The maximum Gasteiger partial charge on any atom is 0.00699 e. The van der Waals surface area contributed by atoms with Crippen molar-refractivity contribution >= 4 is 0 Å². The lowest BCUT2D eigenvalue weighted by Gasteiger charge is -2.33. The average Bonchev–Trinajstić information content (AvgIpc) is 2.02. The summed E-state index contributed by atoms with van der Waals surface area (Å²) in [6.45, 7) is 0. The van der Waals surface area contributed by atoms with E-state index in [1.807, 2.05) is 0 Å². The lowest BCUT2D eigenvalue weighted by atomic mass is 9.75. The summed E-state index contributed by atoms with van der Waals surface area (Å²) in [5, 5.41) is 0. The van der Waals surface area contributed by atoms with Crippen molar-refractivity contribution in [3.05, 3.63) is 12.2 Å². The van der Waals surface area contributed by atoms with Gasteiger partial charge in [0.1, 0.15) is 0 Å². The Labute approximate surface area is 81.4 Å². The van der Waals surface area contributed by atoms with Crippen LogP contribution < -0.4 is 5.73 Å². The van der Waals surface area contributed by atoms with Crippen molar-refractivity contribution in [2.24, 2.45) is 17.6 Å². The fourth-order valence-electron chi connectivity index (χ4n) is 2.52. The number of nitrogens with two attached hydrogens (primary N) is 1. The van der Waals surface area contributed by atoms with Gasteiger partial charge >= 0.3 is 0 Å². The van der Waals surface area contributed by atoms with E-state index in [0.717, 1.165) is 11.8 Å². The summed E-state index contributed by atoms with van der Waals surface area (Å²) < 4.78 is 0. The van der Waals surface area contributed by atoms with Gasteiger partial charge in [-0.1, -0.05) is 18.6 Å². The highest BCUT2D eigenvalue weighted by molar-refractivity contribution is 4.92. The minimum Gasteiger partial charge on any atom is -0.327 e. The molecule has 0 heterocycles. The molecule has 1 fully saturated rings. The van der Waals surface area contributed by atoms with E-state index in [2.05, 4.69) is 12.2 Å². The van der Waals surface area contributed by atoms with Gasteiger partial charge in [-0.05, 0) is 50.4 Å². The molecule has 13 heavy (non-hydrogen) atoms. The molecule has 0 aromatic carbocycles. The Hall–Kier alpha value is -0.300. The normalized spacial score (nSPS) is 31.3. The van der Waals surface area contributed by atoms with Gasteiger partial charge in [-0.15, -0.1) is 0 Å². The zero-order chi connectivity index (χ0) is 9.10. The minimum atomic E-state index is 0.505. The van der Waals surface area contributed by atoms with Crippen molar-refractivity contribution < 1.29 is 0 Å². The molecule has 2 aliphatic carbocycles. The van der Waals surface area contributed by atoms with Crippen molar-refractivity contribution in [1.82, 2.24) is 0 Å². The van der Waals surface area contributed by atoms with Crippen LogP contribution in [-0.2, 0) is 0 Å². The van der Waals surface area contributed by atoms with E-state index in [9.17, 15) is 0 Å². The van der Waals surface area contributed by atoms with Gasteiger partial charge in [-0.3, -0.25) is 0 Å². The summed E-state index contributed by atoms with van der Waals surface area (Å²) in [4.78, 5) is 0. The first-order chi connectivity index (χ1) is 6.36. The second-order valence-electron chi connectivity index (χ2n) is 4.74. The molecule has 0 amide bonds. The second-order valence-corrected chi connectivity index (χ2v) is 4.74. The molecule has 74 valence electrons. The first kappa shape index (κ1) is 9.26. The fraction of sp³-hybridized carbons (Fsp3) is 0.833. The Morgan fingerprint density at radius 3 is 2.62 bits per heavy atom. The van der Waals surface area contributed by atoms with Gasteiger partial charge < -0.3 is 5.73 Å². The molecule has 1 heteroatoms. The van der Waals surface area contributed by atoms with Crippen LogP contribution in [0.15, 0.2) is 12.2 Å². The summed E-state index contributed by atoms with van der Waals surface area (Å²) in [6, 6.07) is 0.505. The highest BCUT2D eigenvalue weighted by Gasteiger charge is 2.26. The van der Waals surface area contributed by atoms with Crippen molar-refractivity contribution in [1.29, 1.82) is 0 Å². The van der Waals surface area contributed by atoms with Crippen LogP contribution >= 0.6 is 0 Å². The molecular weight excluding hydrogens is 158 g/mol. The molecule has 0 saturated heterocycles. The maximum absolute atomic E-state index is 6.19. The molecular formula is C12H21N. The lowest BCUT2D eigenvalue weighted by molar-refractivity contribution is 0.227. The van der Waals surface area contributed by atoms with Crippen molar-refractivity contribution in [2.45, 2.75) is 51.0 Å². The van der Waals surface area contributed by atoms with E-state index in [1.54, 1.807) is 0 Å². The molecule has 0 aromatic heterocycles. The molecule has 2 N–H and O–H groups in total. The van der Waals surface area contributed by atoms with E-state index in [0.29, 0.717) is 6.04 Å². The monoisotopic (exact) mass is 179 g/mol. The molecule has 0 radical (unpaired) electrons. The molecule has 2 aliphatic rings. The zero-order valence-electron chi connectivity index (χ0n) is 8.41. The van der Waals surface area contributed by atoms with Gasteiger partial charge in [0.2, 0.25) is 0 Å². The minimum absolute atomic E-state index is 0.505. The number of hydrogen-bond acceptors (Lipinski definition) is 1. The Bertz CT molecular complexity index is 182. The molecule has 2 unspecified atom stereocenters. The van der Waals surface area contributed by atoms with Gasteiger partial charge in [0, 0.05) is 6.04 Å². The van der Waals surface area contributed by atoms with Crippen LogP contribution in [0.25, 0.3) is 0 Å². The SMILES string of the molecule is NC(CC1CC=CCC1)C1CCC1. The number of allylic oxidation sites excluding steroid dienone is 2. The largest absolute Gasteiger partial charge is 0.327 e. The van der Waals surface area contributed by atoms with Crippen LogP contribution in [-0.4, -0.2) is 6.04 Å². The third-order valence-corrected chi connectivity index (χ3v) is 3.74. The number of rotatable bonds is 3. The first-order valence-electron chi connectivity index (χ1n) is 5.77. The molecule has 1 saturated carbocycles. The Morgan fingerprint density at radius 2 is 2.08 bits per heavy atom. The molecule has 1 nitrogen and oxygen atoms in total. The summed E-state index contributed by atoms with van der Waals surface area (Å²) in [5.74, 6) is 1.76. The molecule has 0 bridgehead atoms. The van der Waals surface area contributed by atoms with Crippen LogP contribution in [0.4, 0.5) is 0 Å². The van der Waals surface area contributed by atoms with Gasteiger partial charge in [-0.2, -0.15) is 0 Å². The molecule has 0 aliphatic heterocycles. The highest BCUT2D eigenvalue weighted by Crippen LogP contribution is 2.33.